The highest BCUT2D eigenvalue weighted by molar-refractivity contribution is 5.87. The summed E-state index contributed by atoms with van der Waals surface area (Å²) in [6.07, 6.45) is 0.0163. The first-order valence-electron chi connectivity index (χ1n) is 4.16. The third-order valence-corrected chi connectivity index (χ3v) is 1.91. The molecule has 0 unspecified atom stereocenters. The Hall–Kier alpha value is -1.35. The highest BCUT2D eigenvalue weighted by atomic mass is 16.4. The molecule has 0 aliphatic carbocycles. The molecule has 3 nitrogen and oxygen atoms in total. The molecule has 0 aliphatic heterocycles. The molecule has 1 aromatic rings. The number of aromatic carboxylic acids is 1. The number of hydrogen-bond acceptors (Lipinski definition) is 2. The normalized spacial score (nSPS) is 12.5. The lowest BCUT2D eigenvalue weighted by atomic mass is 10.0. The van der Waals surface area contributed by atoms with Gasteiger partial charge in [0.15, 0.2) is 0 Å². The van der Waals surface area contributed by atoms with Gasteiger partial charge in [-0.15, -0.1) is 0 Å². The molecule has 70 valence electrons. The Labute approximate surface area is 76.6 Å². The molecule has 1 atom stereocenters. The monoisotopic (exact) mass is 180 g/mol. The molecule has 0 amide bonds. The molecule has 0 heterocycles. The number of rotatable bonds is 3. The molecule has 0 aliphatic rings. The summed E-state index contributed by atoms with van der Waals surface area (Å²) in [7, 11) is 0. The first kappa shape index (κ1) is 9.74. The molecular weight excluding hydrogens is 168 g/mol. The third-order valence-electron chi connectivity index (χ3n) is 1.91. The number of aliphatic hydroxyl groups is 1. The molecule has 3 heteroatoms. The SMILES string of the molecule is CC[C@H](O)c1cccc(C(=O)O)c1. The minimum absolute atomic E-state index is 0.213. The third kappa shape index (κ3) is 2.29. The van der Waals surface area contributed by atoms with E-state index in [1.54, 1.807) is 12.1 Å². The van der Waals surface area contributed by atoms with Crippen LogP contribution in [0.3, 0.4) is 0 Å². The van der Waals surface area contributed by atoms with Crippen LogP contribution < -0.4 is 0 Å². The van der Waals surface area contributed by atoms with Crippen molar-refractivity contribution in [1.29, 1.82) is 0 Å². The van der Waals surface area contributed by atoms with Crippen molar-refractivity contribution in [2.45, 2.75) is 19.4 Å². The van der Waals surface area contributed by atoms with Crippen LogP contribution in [-0.2, 0) is 0 Å². The summed E-state index contributed by atoms with van der Waals surface area (Å²) in [4.78, 5) is 10.6. The van der Waals surface area contributed by atoms with Crippen molar-refractivity contribution in [1.82, 2.24) is 0 Å². The van der Waals surface area contributed by atoms with E-state index in [0.29, 0.717) is 12.0 Å². The first-order chi connectivity index (χ1) is 6.15. The topological polar surface area (TPSA) is 57.5 Å². The van der Waals surface area contributed by atoms with Gasteiger partial charge in [-0.3, -0.25) is 0 Å². The number of benzene rings is 1. The van der Waals surface area contributed by atoms with Crippen molar-refractivity contribution < 1.29 is 15.0 Å². The number of carboxylic acid groups (broad SMARTS) is 1. The molecule has 1 aromatic carbocycles. The first-order valence-corrected chi connectivity index (χ1v) is 4.16. The van der Waals surface area contributed by atoms with Crippen molar-refractivity contribution in [2.75, 3.05) is 0 Å². The van der Waals surface area contributed by atoms with Crippen LogP contribution in [0.1, 0.15) is 35.4 Å². The van der Waals surface area contributed by atoms with E-state index in [1.165, 1.54) is 12.1 Å². The van der Waals surface area contributed by atoms with Gasteiger partial charge in [0.2, 0.25) is 0 Å². The molecule has 0 fully saturated rings. The largest absolute Gasteiger partial charge is 0.478 e. The Morgan fingerprint density at radius 3 is 2.77 bits per heavy atom. The van der Waals surface area contributed by atoms with Crippen LogP contribution in [0.2, 0.25) is 0 Å². The lowest BCUT2D eigenvalue weighted by Gasteiger charge is -2.07. The second kappa shape index (κ2) is 4.05. The summed E-state index contributed by atoms with van der Waals surface area (Å²) in [6, 6.07) is 6.36. The minimum Gasteiger partial charge on any atom is -0.478 e. The maximum Gasteiger partial charge on any atom is 0.335 e. The van der Waals surface area contributed by atoms with Crippen LogP contribution in [0.5, 0.6) is 0 Å². The Balaban J connectivity index is 2.98. The molecule has 0 radical (unpaired) electrons. The Morgan fingerprint density at radius 2 is 2.23 bits per heavy atom. The van der Waals surface area contributed by atoms with E-state index in [9.17, 15) is 9.90 Å². The van der Waals surface area contributed by atoms with Crippen molar-refractivity contribution in [3.8, 4) is 0 Å². The van der Waals surface area contributed by atoms with Crippen LogP contribution in [0.15, 0.2) is 24.3 Å². The van der Waals surface area contributed by atoms with Gasteiger partial charge in [0.05, 0.1) is 11.7 Å². The molecule has 13 heavy (non-hydrogen) atoms. The molecule has 0 spiro atoms. The summed E-state index contributed by atoms with van der Waals surface area (Å²) >= 11 is 0. The zero-order chi connectivity index (χ0) is 9.84. The standard InChI is InChI=1S/C10H12O3/c1-2-9(11)7-4-3-5-8(6-7)10(12)13/h3-6,9,11H,2H2,1H3,(H,12,13)/t9-/m0/s1. The van der Waals surface area contributed by atoms with Gasteiger partial charge in [-0.25, -0.2) is 4.79 Å². The zero-order valence-electron chi connectivity index (χ0n) is 7.40. The van der Waals surface area contributed by atoms with Gasteiger partial charge in [0.1, 0.15) is 0 Å². The number of aliphatic hydroxyl groups excluding tert-OH is 1. The molecule has 1 rings (SSSR count). The van der Waals surface area contributed by atoms with Gasteiger partial charge < -0.3 is 10.2 Å². The van der Waals surface area contributed by atoms with Crippen LogP contribution in [0.4, 0.5) is 0 Å². The number of hydrogen-bond donors (Lipinski definition) is 2. The van der Waals surface area contributed by atoms with E-state index in [0.717, 1.165) is 0 Å². The van der Waals surface area contributed by atoms with E-state index in [-0.39, 0.29) is 5.56 Å². The second-order valence-electron chi connectivity index (χ2n) is 2.85. The van der Waals surface area contributed by atoms with Gasteiger partial charge >= 0.3 is 5.97 Å². The minimum atomic E-state index is -0.967. The van der Waals surface area contributed by atoms with E-state index in [4.69, 9.17) is 5.11 Å². The molecule has 0 bridgehead atoms. The molecule has 0 saturated heterocycles. The quantitative estimate of drug-likeness (QED) is 0.746. The van der Waals surface area contributed by atoms with Crippen molar-refractivity contribution in [2.24, 2.45) is 0 Å². The van der Waals surface area contributed by atoms with Crippen LogP contribution in [-0.4, -0.2) is 16.2 Å². The summed E-state index contributed by atoms with van der Waals surface area (Å²) < 4.78 is 0. The van der Waals surface area contributed by atoms with Crippen LogP contribution in [0, 0.1) is 0 Å². The Kier molecular flexibility index (Phi) is 3.03. The second-order valence-corrected chi connectivity index (χ2v) is 2.85. The van der Waals surface area contributed by atoms with Gasteiger partial charge in [0, 0.05) is 0 Å². The lowest BCUT2D eigenvalue weighted by Crippen LogP contribution is -2.00. The summed E-state index contributed by atoms with van der Waals surface area (Å²) in [5.74, 6) is -0.967. The fourth-order valence-electron chi connectivity index (χ4n) is 1.11. The summed E-state index contributed by atoms with van der Waals surface area (Å²) in [5, 5.41) is 18.1. The van der Waals surface area contributed by atoms with Crippen molar-refractivity contribution >= 4 is 5.97 Å². The van der Waals surface area contributed by atoms with Gasteiger partial charge in [-0.2, -0.15) is 0 Å². The fourth-order valence-corrected chi connectivity index (χ4v) is 1.11. The summed E-state index contributed by atoms with van der Waals surface area (Å²) in [6.45, 7) is 1.85. The molecule has 0 saturated carbocycles. The Bertz CT molecular complexity index is 307. The maximum atomic E-state index is 10.6. The smallest absolute Gasteiger partial charge is 0.335 e. The molecular formula is C10H12O3. The average Bonchev–Trinajstić information content (AvgIpc) is 2.17. The highest BCUT2D eigenvalue weighted by Gasteiger charge is 2.07. The predicted molar refractivity (Wildman–Crippen MR) is 48.7 cm³/mol. The van der Waals surface area contributed by atoms with E-state index in [2.05, 4.69) is 0 Å². The van der Waals surface area contributed by atoms with E-state index >= 15 is 0 Å². The lowest BCUT2D eigenvalue weighted by molar-refractivity contribution is 0.0696. The van der Waals surface area contributed by atoms with Crippen molar-refractivity contribution in [3.05, 3.63) is 35.4 Å². The van der Waals surface area contributed by atoms with Gasteiger partial charge in [-0.05, 0) is 24.1 Å². The molecule has 2 N–H and O–H groups in total. The van der Waals surface area contributed by atoms with Crippen LogP contribution in [0.25, 0.3) is 0 Å². The average molecular weight is 180 g/mol. The van der Waals surface area contributed by atoms with E-state index < -0.39 is 12.1 Å². The highest BCUT2D eigenvalue weighted by Crippen LogP contribution is 2.17. The van der Waals surface area contributed by atoms with Gasteiger partial charge in [-0.1, -0.05) is 19.1 Å². The zero-order valence-corrected chi connectivity index (χ0v) is 7.40. The van der Waals surface area contributed by atoms with Gasteiger partial charge in [0.25, 0.3) is 0 Å². The Morgan fingerprint density at radius 1 is 1.54 bits per heavy atom. The predicted octanol–water partition coefficient (Wildman–Crippen LogP) is 1.83. The molecule has 0 aromatic heterocycles. The number of carboxylic acids is 1. The maximum absolute atomic E-state index is 10.6. The van der Waals surface area contributed by atoms with E-state index in [1.807, 2.05) is 6.92 Å². The summed E-state index contributed by atoms with van der Waals surface area (Å²) in [5.41, 5.74) is 0.868. The van der Waals surface area contributed by atoms with Crippen LogP contribution >= 0.6 is 0 Å². The fraction of sp³-hybridized carbons (Fsp3) is 0.300. The van der Waals surface area contributed by atoms with Crippen molar-refractivity contribution in [3.63, 3.8) is 0 Å². The number of carbonyl (C=O) groups is 1.